The molecule has 0 amide bonds. The van der Waals surface area contributed by atoms with Crippen molar-refractivity contribution in [3.63, 3.8) is 0 Å². The van der Waals surface area contributed by atoms with Crippen LogP contribution in [0.3, 0.4) is 0 Å². The van der Waals surface area contributed by atoms with Gasteiger partial charge in [0.05, 0.1) is 16.9 Å². The average molecular weight is 268 g/mol. The van der Waals surface area contributed by atoms with E-state index in [1.54, 1.807) is 12.3 Å². The summed E-state index contributed by atoms with van der Waals surface area (Å²) in [5, 5.41) is 4.16. The van der Waals surface area contributed by atoms with Crippen molar-refractivity contribution in [1.29, 1.82) is 0 Å². The molecule has 0 unspecified atom stereocenters. The Morgan fingerprint density at radius 2 is 2.28 bits per heavy atom. The van der Waals surface area contributed by atoms with Crippen molar-refractivity contribution in [3.8, 4) is 0 Å². The topological polar surface area (TPSA) is 64.2 Å². The van der Waals surface area contributed by atoms with Gasteiger partial charge in [-0.15, -0.1) is 0 Å². The molecule has 1 rings (SSSR count). The lowest BCUT2D eigenvalue weighted by Crippen LogP contribution is -2.25. The number of aromatic nitrogens is 2. The molecule has 0 aromatic carbocycles. The largest absolute Gasteiger partial charge is 0.393 e. The second-order valence-corrected chi connectivity index (χ2v) is 4.74. The van der Waals surface area contributed by atoms with Crippen LogP contribution in [0.1, 0.15) is 26.2 Å². The quantitative estimate of drug-likeness (QED) is 0.594. The van der Waals surface area contributed by atoms with Gasteiger partial charge in [-0.25, -0.2) is 4.68 Å². The first kappa shape index (κ1) is 14.6. The van der Waals surface area contributed by atoms with E-state index in [9.17, 15) is 4.79 Å². The Hall–Kier alpha value is -1.43. The summed E-state index contributed by atoms with van der Waals surface area (Å²) in [7, 11) is 1.93. The second-order valence-electron chi connectivity index (χ2n) is 4.21. The summed E-state index contributed by atoms with van der Waals surface area (Å²) in [4.78, 5) is 14.3. The molecular formula is C12H20N4OS. The number of rotatable bonds is 7. The molecule has 0 radical (unpaired) electrons. The van der Waals surface area contributed by atoms with E-state index in [1.807, 2.05) is 18.9 Å². The van der Waals surface area contributed by atoms with Crippen molar-refractivity contribution in [3.05, 3.63) is 22.6 Å². The Morgan fingerprint density at radius 3 is 2.83 bits per heavy atom. The predicted molar refractivity (Wildman–Crippen MR) is 78.1 cm³/mol. The van der Waals surface area contributed by atoms with Gasteiger partial charge in [-0.1, -0.05) is 12.2 Å². The molecule has 0 saturated carbocycles. The van der Waals surface area contributed by atoms with Crippen molar-refractivity contribution in [2.45, 2.75) is 32.7 Å². The standard InChI is InChI=1S/C12H20N4OS/c1-3-15(2)10-8-12(17)16(14-9-10)7-5-4-6-11(13)18/h8-9H,3-7H2,1-2H3,(H2,13,18). The van der Waals surface area contributed by atoms with Crippen LogP contribution < -0.4 is 16.2 Å². The number of thiocarbonyl (C=S) groups is 1. The van der Waals surface area contributed by atoms with Gasteiger partial charge in [-0.05, 0) is 26.2 Å². The molecule has 2 N–H and O–H groups in total. The monoisotopic (exact) mass is 268 g/mol. The molecule has 1 heterocycles. The molecule has 5 nitrogen and oxygen atoms in total. The minimum absolute atomic E-state index is 0.0666. The predicted octanol–water partition coefficient (Wildman–Crippen LogP) is 1.16. The van der Waals surface area contributed by atoms with Gasteiger partial charge in [-0.3, -0.25) is 4.79 Å². The molecule has 0 atom stereocenters. The number of anilines is 1. The zero-order chi connectivity index (χ0) is 13.5. The summed E-state index contributed by atoms with van der Waals surface area (Å²) in [5.41, 5.74) is 6.19. The van der Waals surface area contributed by atoms with Crippen LogP contribution in [0.5, 0.6) is 0 Å². The summed E-state index contributed by atoms with van der Waals surface area (Å²) in [6, 6.07) is 1.62. The highest BCUT2D eigenvalue weighted by molar-refractivity contribution is 7.80. The van der Waals surface area contributed by atoms with Crippen LogP contribution in [0.25, 0.3) is 0 Å². The molecule has 0 bridgehead atoms. The number of hydrogen-bond donors (Lipinski definition) is 1. The van der Waals surface area contributed by atoms with Crippen molar-refractivity contribution in [2.75, 3.05) is 18.5 Å². The molecule has 0 aliphatic carbocycles. The van der Waals surface area contributed by atoms with Gasteiger partial charge in [-0.2, -0.15) is 5.10 Å². The Balaban J connectivity index is 2.57. The number of nitrogens with zero attached hydrogens (tertiary/aromatic N) is 3. The van der Waals surface area contributed by atoms with Crippen molar-refractivity contribution in [2.24, 2.45) is 5.73 Å². The molecule has 18 heavy (non-hydrogen) atoms. The highest BCUT2D eigenvalue weighted by Gasteiger charge is 2.03. The summed E-state index contributed by atoms with van der Waals surface area (Å²) in [6.45, 7) is 3.48. The Morgan fingerprint density at radius 1 is 1.56 bits per heavy atom. The van der Waals surface area contributed by atoms with E-state index >= 15 is 0 Å². The Kier molecular flexibility index (Phi) is 5.77. The van der Waals surface area contributed by atoms with Crippen LogP contribution in [0, 0.1) is 0 Å². The first-order chi connectivity index (χ1) is 8.54. The van der Waals surface area contributed by atoms with Crippen molar-refractivity contribution in [1.82, 2.24) is 9.78 Å². The van der Waals surface area contributed by atoms with Gasteiger partial charge in [0, 0.05) is 26.2 Å². The van der Waals surface area contributed by atoms with E-state index in [4.69, 9.17) is 18.0 Å². The molecule has 0 saturated heterocycles. The zero-order valence-corrected chi connectivity index (χ0v) is 11.7. The fraction of sp³-hybridized carbons (Fsp3) is 0.583. The van der Waals surface area contributed by atoms with Gasteiger partial charge >= 0.3 is 0 Å². The molecule has 0 aliphatic heterocycles. The number of nitrogens with two attached hydrogens (primary N) is 1. The maximum atomic E-state index is 11.8. The number of aryl methyl sites for hydroxylation is 1. The van der Waals surface area contributed by atoms with Crippen LogP contribution >= 0.6 is 12.2 Å². The SMILES string of the molecule is CCN(C)c1cnn(CCCCC(N)=S)c(=O)c1. The zero-order valence-electron chi connectivity index (χ0n) is 10.9. The van der Waals surface area contributed by atoms with E-state index in [1.165, 1.54) is 4.68 Å². The normalized spacial score (nSPS) is 10.3. The van der Waals surface area contributed by atoms with E-state index in [0.717, 1.165) is 31.5 Å². The molecule has 1 aromatic rings. The Labute approximate surface area is 113 Å². The summed E-state index contributed by atoms with van der Waals surface area (Å²) >= 11 is 4.80. The van der Waals surface area contributed by atoms with Crippen molar-refractivity contribution < 1.29 is 0 Å². The molecule has 1 aromatic heterocycles. The van der Waals surface area contributed by atoms with E-state index in [0.29, 0.717) is 11.5 Å². The minimum atomic E-state index is -0.0666. The second kappa shape index (κ2) is 7.10. The maximum Gasteiger partial charge on any atom is 0.268 e. The van der Waals surface area contributed by atoms with Crippen LogP contribution in [0.4, 0.5) is 5.69 Å². The number of hydrogen-bond acceptors (Lipinski definition) is 4. The summed E-state index contributed by atoms with van der Waals surface area (Å²) in [5.74, 6) is 0. The minimum Gasteiger partial charge on any atom is -0.393 e. The van der Waals surface area contributed by atoms with Crippen LogP contribution in [-0.4, -0.2) is 28.4 Å². The molecule has 100 valence electrons. The average Bonchev–Trinajstić information content (AvgIpc) is 2.34. The molecule has 6 heteroatoms. The van der Waals surface area contributed by atoms with E-state index in [-0.39, 0.29) is 5.56 Å². The van der Waals surface area contributed by atoms with Crippen molar-refractivity contribution >= 4 is 22.9 Å². The lowest BCUT2D eigenvalue weighted by molar-refractivity contribution is 0.536. The molecule has 0 fully saturated rings. The Bertz CT molecular complexity index is 458. The maximum absolute atomic E-state index is 11.8. The fourth-order valence-corrected chi connectivity index (χ4v) is 1.69. The van der Waals surface area contributed by atoms with Gasteiger partial charge < -0.3 is 10.6 Å². The van der Waals surface area contributed by atoms with Crippen LogP contribution in [0.2, 0.25) is 0 Å². The third-order valence-corrected chi connectivity index (χ3v) is 3.02. The molecule has 0 aliphatic rings. The highest BCUT2D eigenvalue weighted by atomic mass is 32.1. The van der Waals surface area contributed by atoms with Gasteiger partial charge in [0.1, 0.15) is 0 Å². The molecular weight excluding hydrogens is 248 g/mol. The summed E-state index contributed by atoms with van der Waals surface area (Å²) in [6.07, 6.45) is 4.19. The van der Waals surface area contributed by atoms with Crippen LogP contribution in [0.15, 0.2) is 17.1 Å². The van der Waals surface area contributed by atoms with E-state index in [2.05, 4.69) is 5.10 Å². The van der Waals surface area contributed by atoms with Gasteiger partial charge in [0.25, 0.3) is 5.56 Å². The smallest absolute Gasteiger partial charge is 0.268 e. The third kappa shape index (κ3) is 4.44. The summed E-state index contributed by atoms with van der Waals surface area (Å²) < 4.78 is 1.48. The van der Waals surface area contributed by atoms with Gasteiger partial charge in [0.2, 0.25) is 0 Å². The van der Waals surface area contributed by atoms with Crippen LogP contribution in [-0.2, 0) is 6.54 Å². The third-order valence-electron chi connectivity index (χ3n) is 2.81. The highest BCUT2D eigenvalue weighted by Crippen LogP contribution is 2.06. The first-order valence-electron chi connectivity index (χ1n) is 6.11. The number of unbranched alkanes of at least 4 members (excludes halogenated alkanes) is 1. The lowest BCUT2D eigenvalue weighted by atomic mass is 10.2. The molecule has 0 spiro atoms. The van der Waals surface area contributed by atoms with E-state index < -0.39 is 0 Å². The van der Waals surface area contributed by atoms with Gasteiger partial charge in [0.15, 0.2) is 0 Å². The first-order valence-corrected chi connectivity index (χ1v) is 6.52. The fourth-order valence-electron chi connectivity index (χ4n) is 1.54. The lowest BCUT2D eigenvalue weighted by Gasteiger charge is -2.16.